The molecule has 0 spiro atoms. The summed E-state index contributed by atoms with van der Waals surface area (Å²) in [7, 11) is -3.76. The zero-order valence-electron chi connectivity index (χ0n) is 20.4. The first-order chi connectivity index (χ1) is 17.8. The molecule has 4 aromatic rings. The van der Waals surface area contributed by atoms with Gasteiger partial charge in [-0.25, -0.2) is 27.9 Å². The quantitative estimate of drug-likeness (QED) is 0.336. The molecule has 1 aliphatic rings. The van der Waals surface area contributed by atoms with E-state index in [0.717, 1.165) is 36.8 Å². The summed E-state index contributed by atoms with van der Waals surface area (Å²) in [5, 5.41) is 8.49. The van der Waals surface area contributed by atoms with E-state index in [0.29, 0.717) is 28.6 Å². The summed E-state index contributed by atoms with van der Waals surface area (Å²) in [6.45, 7) is 1.93. The van der Waals surface area contributed by atoms with Crippen LogP contribution in [0, 0.1) is 5.82 Å². The molecule has 2 heterocycles. The van der Waals surface area contributed by atoms with Crippen LogP contribution < -0.4 is 15.2 Å². The van der Waals surface area contributed by atoms with Crippen LogP contribution in [-0.2, 0) is 10.0 Å². The molecule has 1 atom stereocenters. The van der Waals surface area contributed by atoms with Crippen molar-refractivity contribution in [2.24, 2.45) is 5.14 Å². The third-order valence-electron chi connectivity index (χ3n) is 6.54. The van der Waals surface area contributed by atoms with Gasteiger partial charge in [0.25, 0.3) is 0 Å². The van der Waals surface area contributed by atoms with E-state index in [1.807, 2.05) is 19.1 Å². The molecule has 8 nitrogen and oxygen atoms in total. The topological polar surface area (TPSA) is 120 Å². The molecule has 1 fully saturated rings. The first-order valence-electron chi connectivity index (χ1n) is 12.3. The molecule has 0 saturated heterocycles. The smallest absolute Gasteiger partial charge is 0.245 e. The molecule has 37 heavy (non-hydrogen) atoms. The van der Waals surface area contributed by atoms with Crippen LogP contribution in [-0.4, -0.2) is 29.5 Å². The summed E-state index contributed by atoms with van der Waals surface area (Å²) in [5.41, 5.74) is 3.46. The number of aromatic nitrogens is 3. The monoisotopic (exact) mass is 521 g/mol. The van der Waals surface area contributed by atoms with E-state index >= 15 is 0 Å². The molecular weight excluding hydrogens is 493 g/mol. The number of benzene rings is 2. The Morgan fingerprint density at radius 1 is 0.946 bits per heavy atom. The maximum absolute atomic E-state index is 13.4. The molecule has 0 radical (unpaired) electrons. The molecule has 0 unspecified atom stereocenters. The lowest BCUT2D eigenvalue weighted by molar-refractivity contribution is 0.150. The van der Waals surface area contributed by atoms with Crippen molar-refractivity contribution in [1.29, 1.82) is 0 Å². The van der Waals surface area contributed by atoms with E-state index in [4.69, 9.17) is 14.9 Å². The number of ether oxygens (including phenoxy) is 1. The number of nitrogens with zero attached hydrogens (tertiary/aromatic N) is 3. The van der Waals surface area contributed by atoms with Crippen LogP contribution in [0.3, 0.4) is 0 Å². The van der Waals surface area contributed by atoms with Crippen LogP contribution in [0.2, 0.25) is 0 Å². The van der Waals surface area contributed by atoms with Gasteiger partial charge in [-0.15, -0.1) is 0 Å². The third kappa shape index (κ3) is 5.86. The number of halogens is 1. The van der Waals surface area contributed by atoms with Gasteiger partial charge in [-0.2, -0.15) is 4.98 Å². The van der Waals surface area contributed by atoms with E-state index in [-0.39, 0.29) is 22.9 Å². The number of sulfonamides is 1. The highest BCUT2D eigenvalue weighted by Crippen LogP contribution is 2.31. The van der Waals surface area contributed by atoms with Crippen LogP contribution in [0.15, 0.2) is 65.6 Å². The van der Waals surface area contributed by atoms with Crippen LogP contribution >= 0.6 is 0 Å². The molecule has 1 aliphatic carbocycles. The number of fused-ring (bicyclic) bond motifs is 1. The van der Waals surface area contributed by atoms with Gasteiger partial charge in [0.1, 0.15) is 11.9 Å². The molecule has 5 rings (SSSR count). The molecule has 1 saturated carbocycles. The van der Waals surface area contributed by atoms with Crippen molar-refractivity contribution in [2.45, 2.75) is 56.1 Å². The zero-order valence-corrected chi connectivity index (χ0v) is 21.2. The number of nitrogens with one attached hydrogen (secondary N) is 1. The Labute approximate surface area is 215 Å². The van der Waals surface area contributed by atoms with Crippen molar-refractivity contribution >= 4 is 27.0 Å². The Morgan fingerprint density at radius 2 is 1.65 bits per heavy atom. The average Bonchev–Trinajstić information content (AvgIpc) is 2.89. The van der Waals surface area contributed by atoms with Gasteiger partial charge in [-0.3, -0.25) is 0 Å². The molecule has 10 heteroatoms. The van der Waals surface area contributed by atoms with E-state index in [1.54, 1.807) is 24.3 Å². The van der Waals surface area contributed by atoms with Crippen molar-refractivity contribution < 1.29 is 17.5 Å². The van der Waals surface area contributed by atoms with Gasteiger partial charge in [0.2, 0.25) is 21.9 Å². The Hall–Kier alpha value is -3.63. The molecule has 3 N–H and O–H groups in total. The Morgan fingerprint density at radius 3 is 2.32 bits per heavy atom. The van der Waals surface area contributed by atoms with E-state index in [9.17, 15) is 12.8 Å². The van der Waals surface area contributed by atoms with Crippen LogP contribution in [0.4, 0.5) is 10.3 Å². The van der Waals surface area contributed by atoms with Crippen molar-refractivity contribution in [3.8, 4) is 17.1 Å². The van der Waals surface area contributed by atoms with E-state index in [1.165, 1.54) is 30.7 Å². The number of nitrogens with two attached hydrogens (primary N) is 1. The summed E-state index contributed by atoms with van der Waals surface area (Å²) >= 11 is 0. The van der Waals surface area contributed by atoms with E-state index < -0.39 is 10.0 Å². The second-order valence-corrected chi connectivity index (χ2v) is 10.8. The highest BCUT2D eigenvalue weighted by atomic mass is 32.2. The average molecular weight is 522 g/mol. The fourth-order valence-corrected chi connectivity index (χ4v) is 5.00. The fraction of sp³-hybridized carbons (Fsp3) is 0.296. The summed E-state index contributed by atoms with van der Waals surface area (Å²) in [4.78, 5) is 14.2. The summed E-state index contributed by atoms with van der Waals surface area (Å²) in [6, 6.07) is 16.0. The minimum Gasteiger partial charge on any atom is -0.473 e. The number of pyridine rings is 1. The van der Waals surface area contributed by atoms with Gasteiger partial charge in [0.15, 0.2) is 5.52 Å². The van der Waals surface area contributed by atoms with Crippen molar-refractivity contribution in [1.82, 2.24) is 15.0 Å². The Bertz CT molecular complexity index is 1510. The highest BCUT2D eigenvalue weighted by molar-refractivity contribution is 7.89. The van der Waals surface area contributed by atoms with Crippen molar-refractivity contribution in [3.63, 3.8) is 0 Å². The Balaban J connectivity index is 1.48. The second kappa shape index (κ2) is 10.4. The van der Waals surface area contributed by atoms with E-state index in [2.05, 4.69) is 15.3 Å². The van der Waals surface area contributed by atoms with Gasteiger partial charge in [-0.05, 0) is 86.7 Å². The summed E-state index contributed by atoms with van der Waals surface area (Å²) in [5.74, 6) is 0.469. The number of rotatable bonds is 7. The molecule has 0 bridgehead atoms. The summed E-state index contributed by atoms with van der Waals surface area (Å²) < 4.78 is 42.9. The second-order valence-electron chi connectivity index (χ2n) is 9.28. The summed E-state index contributed by atoms with van der Waals surface area (Å²) in [6.07, 6.45) is 5.39. The van der Waals surface area contributed by atoms with Crippen LogP contribution in [0.1, 0.15) is 50.6 Å². The van der Waals surface area contributed by atoms with Gasteiger partial charge in [-0.1, -0.05) is 18.6 Å². The highest BCUT2D eigenvalue weighted by Gasteiger charge is 2.20. The van der Waals surface area contributed by atoms with Gasteiger partial charge >= 0.3 is 0 Å². The Kier molecular flexibility index (Phi) is 7.03. The van der Waals surface area contributed by atoms with Crippen molar-refractivity contribution in [2.75, 3.05) is 5.32 Å². The maximum atomic E-state index is 13.4. The minimum atomic E-state index is -3.76. The predicted molar refractivity (Wildman–Crippen MR) is 140 cm³/mol. The predicted octanol–water partition coefficient (Wildman–Crippen LogP) is 5.36. The SMILES string of the molecule is C[C@@H](Nc1nc(OC2CCCCC2)c2nc(-c3ccc(F)cc3)ccc2n1)c1ccc(S(N)(=O)=O)cc1. The standard InChI is InChI=1S/C27H28FN5O3S/c1-17(18-9-13-22(14-10-18)37(29,34)35)30-27-32-24-16-15-23(19-7-11-20(28)12-8-19)31-25(24)26(33-27)36-21-5-3-2-4-6-21/h7-17,21H,2-6H2,1H3,(H2,29,34,35)(H,30,32,33)/t17-/m1/s1. The number of primary sulfonamides is 1. The maximum Gasteiger partial charge on any atom is 0.245 e. The fourth-order valence-electron chi connectivity index (χ4n) is 4.48. The third-order valence-corrected chi connectivity index (χ3v) is 7.46. The van der Waals surface area contributed by atoms with Gasteiger partial charge in [0, 0.05) is 5.56 Å². The molecule has 192 valence electrons. The number of anilines is 1. The lowest BCUT2D eigenvalue weighted by Crippen LogP contribution is -2.21. The molecule has 2 aromatic heterocycles. The van der Waals surface area contributed by atoms with Crippen LogP contribution in [0.25, 0.3) is 22.3 Å². The number of hydrogen-bond donors (Lipinski definition) is 2. The van der Waals surface area contributed by atoms with Crippen LogP contribution in [0.5, 0.6) is 5.88 Å². The molecule has 2 aromatic carbocycles. The molecule has 0 amide bonds. The number of hydrogen-bond acceptors (Lipinski definition) is 7. The zero-order chi connectivity index (χ0) is 26.0. The first kappa shape index (κ1) is 25.0. The molecule has 0 aliphatic heterocycles. The first-order valence-corrected chi connectivity index (χ1v) is 13.8. The largest absolute Gasteiger partial charge is 0.473 e. The molecular formula is C27H28FN5O3S. The minimum absolute atomic E-state index is 0.0524. The van der Waals surface area contributed by atoms with Crippen molar-refractivity contribution in [3.05, 3.63) is 72.0 Å². The van der Waals surface area contributed by atoms with Gasteiger partial charge in [0.05, 0.1) is 22.1 Å². The lowest BCUT2D eigenvalue weighted by atomic mass is 9.98. The normalized spacial score (nSPS) is 15.4. The van der Waals surface area contributed by atoms with Gasteiger partial charge < -0.3 is 10.1 Å². The lowest BCUT2D eigenvalue weighted by Gasteiger charge is -2.23.